The Bertz CT molecular complexity index is 831. The zero-order valence-corrected chi connectivity index (χ0v) is 17.0. The van der Waals surface area contributed by atoms with E-state index in [1.54, 1.807) is 30.3 Å². The first kappa shape index (κ1) is 22.0. The molecule has 0 aliphatic carbocycles. The van der Waals surface area contributed by atoms with Crippen molar-refractivity contribution in [3.05, 3.63) is 70.8 Å². The molecular weight excluding hydrogens is 399 g/mol. The fourth-order valence-electron chi connectivity index (χ4n) is 3.08. The highest BCUT2D eigenvalue weighted by Gasteiger charge is 2.30. The van der Waals surface area contributed by atoms with Crippen LogP contribution in [0.3, 0.4) is 0 Å². The number of carbonyl (C=O) groups excluding carboxylic acids is 2. The normalized spacial score (nSPS) is 13.2. The third kappa shape index (κ3) is 5.60. The molecule has 0 bridgehead atoms. The van der Waals surface area contributed by atoms with Gasteiger partial charge in [-0.1, -0.05) is 35.9 Å². The monoisotopic (exact) mass is 420 g/mol. The number of halogens is 2. The van der Waals surface area contributed by atoms with E-state index in [2.05, 4.69) is 0 Å². The van der Waals surface area contributed by atoms with Crippen molar-refractivity contribution >= 4 is 35.3 Å². The summed E-state index contributed by atoms with van der Waals surface area (Å²) in [7, 11) is 0. The SMILES string of the molecule is C/C=C/[C@H](CC=O)[C@H](C(=O)c1ccc(OCCCl)cc1O)c1ccc(Cl)cc1. The number of allylic oxidation sites excluding steroid dienone is 2. The van der Waals surface area contributed by atoms with Crippen molar-refractivity contribution in [1.82, 2.24) is 0 Å². The molecule has 2 aromatic rings. The van der Waals surface area contributed by atoms with Gasteiger partial charge >= 0.3 is 0 Å². The largest absolute Gasteiger partial charge is 0.507 e. The van der Waals surface area contributed by atoms with Gasteiger partial charge in [-0.25, -0.2) is 0 Å². The van der Waals surface area contributed by atoms with E-state index in [1.807, 2.05) is 19.1 Å². The smallest absolute Gasteiger partial charge is 0.174 e. The molecule has 0 unspecified atom stereocenters. The molecule has 4 nitrogen and oxygen atoms in total. The molecule has 2 atom stereocenters. The Morgan fingerprint density at radius 3 is 2.50 bits per heavy atom. The van der Waals surface area contributed by atoms with Gasteiger partial charge in [-0.05, 0) is 42.7 Å². The number of hydrogen-bond donors (Lipinski definition) is 1. The van der Waals surface area contributed by atoms with Crippen LogP contribution in [0.5, 0.6) is 11.5 Å². The van der Waals surface area contributed by atoms with Gasteiger partial charge in [0.1, 0.15) is 24.4 Å². The van der Waals surface area contributed by atoms with Crippen molar-refractivity contribution in [3.63, 3.8) is 0 Å². The van der Waals surface area contributed by atoms with Gasteiger partial charge in [0.25, 0.3) is 0 Å². The molecule has 0 saturated carbocycles. The molecular formula is C22H22Cl2O4. The molecule has 0 fully saturated rings. The second-order valence-electron chi connectivity index (χ2n) is 6.20. The van der Waals surface area contributed by atoms with Crippen molar-refractivity contribution in [3.8, 4) is 11.5 Å². The summed E-state index contributed by atoms with van der Waals surface area (Å²) < 4.78 is 5.38. The average Bonchev–Trinajstić information content (AvgIpc) is 2.68. The van der Waals surface area contributed by atoms with Gasteiger partial charge < -0.3 is 14.6 Å². The minimum atomic E-state index is -0.640. The van der Waals surface area contributed by atoms with Crippen LogP contribution >= 0.6 is 23.2 Å². The minimum absolute atomic E-state index is 0.165. The molecule has 6 heteroatoms. The van der Waals surface area contributed by atoms with Crippen LogP contribution in [0.2, 0.25) is 5.02 Å². The van der Waals surface area contributed by atoms with E-state index >= 15 is 0 Å². The lowest BCUT2D eigenvalue weighted by Crippen LogP contribution is -2.22. The number of aromatic hydroxyl groups is 1. The topological polar surface area (TPSA) is 63.6 Å². The van der Waals surface area contributed by atoms with E-state index < -0.39 is 5.92 Å². The van der Waals surface area contributed by atoms with Crippen LogP contribution < -0.4 is 4.74 Å². The highest BCUT2D eigenvalue weighted by atomic mass is 35.5. The fraction of sp³-hybridized carbons (Fsp3) is 0.273. The van der Waals surface area contributed by atoms with Gasteiger partial charge in [-0.2, -0.15) is 0 Å². The molecule has 0 amide bonds. The summed E-state index contributed by atoms with van der Waals surface area (Å²) in [6.07, 6.45) is 4.62. The molecule has 148 valence electrons. The second kappa shape index (κ2) is 10.9. The molecule has 2 aromatic carbocycles. The van der Waals surface area contributed by atoms with Crippen molar-refractivity contribution in [1.29, 1.82) is 0 Å². The maximum atomic E-state index is 13.4. The summed E-state index contributed by atoms with van der Waals surface area (Å²) in [5.41, 5.74) is 0.889. The standard InChI is InChI=1S/C22H22Cl2O4/c1-2-3-15(10-12-25)21(16-4-6-17(24)7-5-16)22(27)19-9-8-18(14-20(19)26)28-13-11-23/h2-9,12,14-15,21,26H,10-11,13H2,1H3/b3-2+/t15-,21+/m1/s1. The third-order valence-electron chi connectivity index (χ3n) is 4.33. The number of ether oxygens (including phenoxy) is 1. The fourth-order valence-corrected chi connectivity index (χ4v) is 3.28. The molecule has 0 aliphatic rings. The van der Waals surface area contributed by atoms with Crippen LogP contribution in [0.25, 0.3) is 0 Å². The first-order chi connectivity index (χ1) is 13.5. The van der Waals surface area contributed by atoms with E-state index in [0.29, 0.717) is 23.3 Å². The van der Waals surface area contributed by atoms with E-state index in [1.165, 1.54) is 12.1 Å². The zero-order chi connectivity index (χ0) is 20.5. The predicted molar refractivity (Wildman–Crippen MR) is 112 cm³/mol. The van der Waals surface area contributed by atoms with E-state index in [-0.39, 0.29) is 29.4 Å². The van der Waals surface area contributed by atoms with Crippen LogP contribution in [-0.4, -0.2) is 29.7 Å². The Hall–Kier alpha value is -2.30. The van der Waals surface area contributed by atoms with Crippen LogP contribution in [0.1, 0.15) is 35.2 Å². The van der Waals surface area contributed by atoms with Gasteiger partial charge in [0.2, 0.25) is 0 Å². The molecule has 0 heterocycles. The first-order valence-corrected chi connectivity index (χ1v) is 9.81. The lowest BCUT2D eigenvalue weighted by Gasteiger charge is -2.23. The number of phenols is 1. The quantitative estimate of drug-likeness (QED) is 0.241. The first-order valence-electron chi connectivity index (χ1n) is 8.89. The van der Waals surface area contributed by atoms with Gasteiger partial charge in [-0.3, -0.25) is 4.79 Å². The predicted octanol–water partition coefficient (Wildman–Crippen LogP) is 5.41. The molecule has 0 aliphatic heterocycles. The molecule has 0 saturated heterocycles. The lowest BCUT2D eigenvalue weighted by atomic mass is 9.78. The summed E-state index contributed by atoms with van der Waals surface area (Å²) >= 11 is 11.6. The summed E-state index contributed by atoms with van der Waals surface area (Å²) in [6, 6.07) is 11.5. The summed E-state index contributed by atoms with van der Waals surface area (Å²) in [5, 5.41) is 11.0. The summed E-state index contributed by atoms with van der Waals surface area (Å²) in [5.74, 6) is -0.704. The lowest BCUT2D eigenvalue weighted by molar-refractivity contribution is -0.108. The number of carbonyl (C=O) groups is 2. The summed E-state index contributed by atoms with van der Waals surface area (Å²) in [4.78, 5) is 24.6. The van der Waals surface area contributed by atoms with E-state index in [4.69, 9.17) is 27.9 Å². The van der Waals surface area contributed by atoms with Crippen molar-refractivity contribution in [2.45, 2.75) is 19.3 Å². The van der Waals surface area contributed by atoms with Crippen molar-refractivity contribution < 1.29 is 19.4 Å². The number of aldehydes is 1. The zero-order valence-electron chi connectivity index (χ0n) is 15.5. The number of ketones is 1. The van der Waals surface area contributed by atoms with Crippen LogP contribution in [0, 0.1) is 5.92 Å². The molecule has 0 spiro atoms. The molecule has 2 rings (SSSR count). The van der Waals surface area contributed by atoms with Gasteiger partial charge in [0, 0.05) is 17.5 Å². The van der Waals surface area contributed by atoms with Crippen molar-refractivity contribution in [2.75, 3.05) is 12.5 Å². The Kier molecular flexibility index (Phi) is 8.55. The number of alkyl halides is 1. The maximum Gasteiger partial charge on any atom is 0.174 e. The van der Waals surface area contributed by atoms with E-state index in [9.17, 15) is 14.7 Å². The maximum absolute atomic E-state index is 13.4. The van der Waals surface area contributed by atoms with Crippen LogP contribution in [0.4, 0.5) is 0 Å². The second-order valence-corrected chi connectivity index (χ2v) is 7.02. The van der Waals surface area contributed by atoms with E-state index in [0.717, 1.165) is 11.8 Å². The Morgan fingerprint density at radius 2 is 1.93 bits per heavy atom. The van der Waals surface area contributed by atoms with Gasteiger partial charge in [0.05, 0.1) is 17.4 Å². The molecule has 1 N–H and O–H groups in total. The number of rotatable bonds is 10. The number of phenolic OH excluding ortho intramolecular Hbond substituents is 1. The Morgan fingerprint density at radius 1 is 1.21 bits per heavy atom. The average molecular weight is 421 g/mol. The highest BCUT2D eigenvalue weighted by Crippen LogP contribution is 2.35. The minimum Gasteiger partial charge on any atom is -0.507 e. The molecule has 0 aromatic heterocycles. The molecule has 0 radical (unpaired) electrons. The number of benzene rings is 2. The van der Waals surface area contributed by atoms with Crippen LogP contribution in [0.15, 0.2) is 54.6 Å². The Balaban J connectivity index is 2.45. The van der Waals surface area contributed by atoms with Crippen LogP contribution in [-0.2, 0) is 4.79 Å². The number of Topliss-reactive ketones (excluding diaryl/α,β-unsaturated/α-hetero) is 1. The highest BCUT2D eigenvalue weighted by molar-refractivity contribution is 6.30. The van der Waals surface area contributed by atoms with Gasteiger partial charge in [0.15, 0.2) is 5.78 Å². The Labute approximate surface area is 174 Å². The van der Waals surface area contributed by atoms with Gasteiger partial charge in [-0.15, -0.1) is 11.6 Å². The van der Waals surface area contributed by atoms with Crippen molar-refractivity contribution in [2.24, 2.45) is 5.92 Å². The molecule has 28 heavy (non-hydrogen) atoms. The summed E-state index contributed by atoms with van der Waals surface area (Å²) in [6.45, 7) is 2.13. The third-order valence-corrected chi connectivity index (χ3v) is 4.73. The number of hydrogen-bond acceptors (Lipinski definition) is 4.